The molecule has 0 atom stereocenters. The molecule has 0 N–H and O–H groups in total. The largest absolute Gasteiger partial charge is 0.238 e. The number of hydrogen-bond donors (Lipinski definition) is 0. The van der Waals surface area contributed by atoms with E-state index in [1.165, 1.54) is 37.9 Å². The Kier molecular flexibility index (Phi) is 9.51. The molecule has 0 radical (unpaired) electrons. The van der Waals surface area contributed by atoms with Gasteiger partial charge in [-0.25, -0.2) is 19.8 Å². The predicted molar refractivity (Wildman–Crippen MR) is 274 cm³/mol. The number of nitrogens with zero attached hydrogens (tertiary/aromatic N) is 4. The first-order valence-electron chi connectivity index (χ1n) is 22.1. The summed E-state index contributed by atoms with van der Waals surface area (Å²) in [6.45, 7) is 7.91. The molecule has 0 fully saturated rings. The van der Waals surface area contributed by atoms with Crippen molar-refractivity contribution in [2.45, 2.75) is 0 Å². The van der Waals surface area contributed by atoms with Crippen LogP contribution in [0.15, 0.2) is 231 Å². The average molecular weight is 839 g/mol. The van der Waals surface area contributed by atoms with Gasteiger partial charge in [0.2, 0.25) is 0 Å². The van der Waals surface area contributed by atoms with Gasteiger partial charge in [-0.2, -0.15) is 0 Å². The molecule has 0 saturated carbocycles. The van der Waals surface area contributed by atoms with Crippen molar-refractivity contribution in [2.24, 2.45) is 0 Å². The molecule has 12 aromatic rings. The van der Waals surface area contributed by atoms with Gasteiger partial charge in [0.1, 0.15) is 0 Å². The van der Waals surface area contributed by atoms with Crippen LogP contribution in [0.5, 0.6) is 0 Å². The lowest BCUT2D eigenvalue weighted by atomic mass is 9.91. The third-order valence-electron chi connectivity index (χ3n) is 12.7. The number of aromatic nitrogens is 3. The van der Waals surface area contributed by atoms with Crippen LogP contribution in [0.1, 0.15) is 0 Å². The number of hydrogen-bond acceptors (Lipinski definition) is 3. The topological polar surface area (TPSA) is 43.0 Å². The molecule has 0 aliphatic carbocycles. The van der Waals surface area contributed by atoms with Crippen LogP contribution >= 0.6 is 0 Å². The van der Waals surface area contributed by atoms with Crippen molar-refractivity contribution in [1.29, 1.82) is 0 Å². The molecule has 0 spiro atoms. The van der Waals surface area contributed by atoms with Crippen molar-refractivity contribution < 1.29 is 0 Å². The molecule has 0 unspecified atom stereocenters. The summed E-state index contributed by atoms with van der Waals surface area (Å²) in [5.74, 6) is 1.84. The first kappa shape index (κ1) is 38.6. The van der Waals surface area contributed by atoms with Gasteiger partial charge in [-0.15, -0.1) is 0 Å². The molecule has 4 heteroatoms. The second kappa shape index (κ2) is 16.3. The Hall–Kier alpha value is -9.04. The van der Waals surface area contributed by atoms with E-state index in [-0.39, 0.29) is 0 Å². The van der Waals surface area contributed by atoms with Crippen molar-refractivity contribution in [3.63, 3.8) is 0 Å². The Morgan fingerprint density at radius 1 is 0.258 bits per heavy atom. The van der Waals surface area contributed by atoms with Crippen LogP contribution in [0.25, 0.3) is 127 Å². The summed E-state index contributed by atoms with van der Waals surface area (Å²) >= 11 is 0. The van der Waals surface area contributed by atoms with E-state index in [9.17, 15) is 0 Å². The molecule has 0 aliphatic heterocycles. The van der Waals surface area contributed by atoms with Crippen LogP contribution in [-0.4, -0.2) is 15.0 Å². The van der Waals surface area contributed by atoms with Gasteiger partial charge in [-0.05, 0) is 112 Å². The normalized spacial score (nSPS) is 11.3. The third-order valence-corrected chi connectivity index (χ3v) is 12.7. The monoisotopic (exact) mass is 838 g/mol. The smallest absolute Gasteiger partial charge is 0.187 e. The van der Waals surface area contributed by atoms with Gasteiger partial charge >= 0.3 is 0 Å². The van der Waals surface area contributed by atoms with E-state index < -0.39 is 0 Å². The van der Waals surface area contributed by atoms with Crippen molar-refractivity contribution in [3.05, 3.63) is 242 Å². The fraction of sp³-hybridized carbons (Fsp3) is 0. The Balaban J connectivity index is 0.914. The molecule has 1 aromatic heterocycles. The minimum Gasteiger partial charge on any atom is -0.238 e. The summed E-state index contributed by atoms with van der Waals surface area (Å²) in [7, 11) is 0. The average Bonchev–Trinajstić information content (AvgIpc) is 3.40. The van der Waals surface area contributed by atoms with E-state index in [0.29, 0.717) is 23.2 Å². The van der Waals surface area contributed by atoms with Crippen molar-refractivity contribution in [2.75, 3.05) is 0 Å². The van der Waals surface area contributed by atoms with E-state index in [1.54, 1.807) is 0 Å². The highest BCUT2D eigenvalue weighted by Gasteiger charge is 2.17. The van der Waals surface area contributed by atoms with Crippen molar-refractivity contribution in [1.82, 2.24) is 15.0 Å². The van der Waals surface area contributed by atoms with E-state index in [2.05, 4.69) is 193 Å². The highest BCUT2D eigenvalue weighted by Crippen LogP contribution is 2.39. The Morgan fingerprint density at radius 2 is 0.773 bits per heavy atom. The maximum absolute atomic E-state index is 7.91. The van der Waals surface area contributed by atoms with Gasteiger partial charge in [0.15, 0.2) is 23.2 Å². The molecule has 11 aromatic carbocycles. The molecule has 0 saturated heterocycles. The van der Waals surface area contributed by atoms with Gasteiger partial charge in [-0.3, -0.25) is 0 Å². The molecule has 0 amide bonds. The van der Waals surface area contributed by atoms with Crippen LogP contribution in [0, 0.1) is 6.57 Å². The summed E-state index contributed by atoms with van der Waals surface area (Å²) < 4.78 is 0. The van der Waals surface area contributed by atoms with Crippen LogP contribution in [-0.2, 0) is 0 Å². The highest BCUT2D eigenvalue weighted by atomic mass is 15.0. The Labute approximate surface area is 382 Å². The van der Waals surface area contributed by atoms with Crippen LogP contribution in [0.4, 0.5) is 5.69 Å². The first-order valence-corrected chi connectivity index (χ1v) is 22.1. The summed E-state index contributed by atoms with van der Waals surface area (Å²) in [5.41, 5.74) is 12.0. The van der Waals surface area contributed by atoms with Crippen LogP contribution in [0.3, 0.4) is 0 Å². The lowest BCUT2D eigenvalue weighted by Crippen LogP contribution is -2.00. The lowest BCUT2D eigenvalue weighted by Gasteiger charge is -2.14. The van der Waals surface area contributed by atoms with E-state index in [1.807, 2.05) is 42.5 Å². The molecule has 306 valence electrons. The number of fused-ring (bicyclic) bond motifs is 6. The predicted octanol–water partition coefficient (Wildman–Crippen LogP) is 16.7. The first-order chi connectivity index (χ1) is 32.6. The Bertz CT molecular complexity index is 3890. The number of benzene rings is 11. The number of rotatable bonds is 7. The van der Waals surface area contributed by atoms with E-state index in [0.717, 1.165) is 66.4 Å². The maximum Gasteiger partial charge on any atom is 0.187 e. The fourth-order valence-corrected chi connectivity index (χ4v) is 9.40. The quantitative estimate of drug-likeness (QED) is 0.119. The van der Waals surface area contributed by atoms with Gasteiger partial charge in [0.05, 0.1) is 6.57 Å². The zero-order chi connectivity index (χ0) is 44.0. The van der Waals surface area contributed by atoms with Crippen LogP contribution < -0.4 is 0 Å². The molecule has 0 bridgehead atoms. The SMILES string of the molecule is [C-]#[N+]c1ccc(-c2ccc(-c3ccc4ccc5ccccc5c4c3)cc2)c(-c2cccc(-c3cccc(-c4nc(-c5ccccc5)nc(-c5cccc6c5ccc5ccccc56)n4)c3)c2)c1. The zero-order valence-electron chi connectivity index (χ0n) is 35.7. The van der Waals surface area contributed by atoms with Gasteiger partial charge < -0.3 is 0 Å². The second-order valence-electron chi connectivity index (χ2n) is 16.7. The lowest BCUT2D eigenvalue weighted by molar-refractivity contribution is 1.08. The summed E-state index contributed by atoms with van der Waals surface area (Å²) in [6.07, 6.45) is 0. The standard InChI is InChI=1S/C62H38N4/c1-63-51-33-35-54(43-26-24-40(25-27-43)48-31-30-44-29-28-41-12-6-8-21-53(41)58(44)38-48)59(39-51)49-18-9-16-46(36-49)47-17-10-19-50(37-47)61-64-60(45-14-3-2-4-15-45)65-62(66-61)57-23-11-22-55-52-20-7-5-13-42(52)32-34-56(55)57/h2-39H. The van der Waals surface area contributed by atoms with E-state index in [4.69, 9.17) is 21.5 Å². The maximum atomic E-state index is 7.91. The molecule has 0 aliphatic rings. The molecule has 4 nitrogen and oxygen atoms in total. The molecule has 1 heterocycles. The van der Waals surface area contributed by atoms with Crippen LogP contribution in [0.2, 0.25) is 0 Å². The second-order valence-corrected chi connectivity index (χ2v) is 16.7. The van der Waals surface area contributed by atoms with Crippen molar-refractivity contribution >= 4 is 48.8 Å². The minimum atomic E-state index is 0.598. The third kappa shape index (κ3) is 7.02. The summed E-state index contributed by atoms with van der Waals surface area (Å²) in [6, 6.07) is 80.8. The molecular weight excluding hydrogens is 801 g/mol. The summed E-state index contributed by atoms with van der Waals surface area (Å²) in [5, 5.41) is 9.63. The minimum absolute atomic E-state index is 0.598. The summed E-state index contributed by atoms with van der Waals surface area (Å²) in [4.78, 5) is 19.2. The highest BCUT2D eigenvalue weighted by molar-refractivity contribution is 6.12. The van der Waals surface area contributed by atoms with Gasteiger partial charge in [-0.1, -0.05) is 206 Å². The molecular formula is C62H38N4. The molecule has 66 heavy (non-hydrogen) atoms. The fourth-order valence-electron chi connectivity index (χ4n) is 9.40. The van der Waals surface area contributed by atoms with E-state index >= 15 is 0 Å². The molecule has 12 rings (SSSR count). The van der Waals surface area contributed by atoms with Gasteiger partial charge in [0, 0.05) is 16.7 Å². The Morgan fingerprint density at radius 3 is 1.53 bits per heavy atom. The van der Waals surface area contributed by atoms with Gasteiger partial charge in [0.25, 0.3) is 0 Å². The zero-order valence-corrected chi connectivity index (χ0v) is 35.7. The van der Waals surface area contributed by atoms with Crippen molar-refractivity contribution in [3.8, 4) is 78.7 Å².